The SMILES string of the molecule is O=C(c1nn(-c2ccccc2F)c(=O)n(Cc2ccc(C(F)(F)F)cc2)c1=O)N1CCOCC1. The van der Waals surface area contributed by atoms with E-state index >= 15 is 0 Å². The van der Waals surface area contributed by atoms with Gasteiger partial charge in [-0.2, -0.15) is 23.0 Å². The third-order valence-electron chi connectivity index (χ3n) is 5.26. The summed E-state index contributed by atoms with van der Waals surface area (Å²) in [4.78, 5) is 40.5. The van der Waals surface area contributed by atoms with Gasteiger partial charge in [0.05, 0.1) is 25.3 Å². The molecule has 1 saturated heterocycles. The molecule has 8 nitrogen and oxygen atoms in total. The lowest BCUT2D eigenvalue weighted by Gasteiger charge is -2.26. The highest BCUT2D eigenvalue weighted by Crippen LogP contribution is 2.29. The van der Waals surface area contributed by atoms with Crippen molar-refractivity contribution >= 4 is 5.91 Å². The predicted molar refractivity (Wildman–Crippen MR) is 111 cm³/mol. The molecular weight excluding hydrogens is 460 g/mol. The molecule has 12 heteroatoms. The van der Waals surface area contributed by atoms with Gasteiger partial charge in [-0.1, -0.05) is 24.3 Å². The molecule has 1 aliphatic heterocycles. The first-order valence-electron chi connectivity index (χ1n) is 10.2. The zero-order valence-electron chi connectivity index (χ0n) is 17.6. The van der Waals surface area contributed by atoms with E-state index in [1.165, 1.54) is 23.1 Å². The van der Waals surface area contributed by atoms with Crippen LogP contribution >= 0.6 is 0 Å². The zero-order chi connectivity index (χ0) is 24.5. The number of morpholine rings is 1. The van der Waals surface area contributed by atoms with E-state index in [4.69, 9.17) is 4.74 Å². The zero-order valence-corrected chi connectivity index (χ0v) is 17.6. The van der Waals surface area contributed by atoms with E-state index < -0.39 is 47.0 Å². The number of para-hydroxylation sites is 1. The summed E-state index contributed by atoms with van der Waals surface area (Å²) in [5.74, 6) is -1.58. The maximum Gasteiger partial charge on any atom is 0.416 e. The van der Waals surface area contributed by atoms with Gasteiger partial charge in [0.15, 0.2) is 0 Å². The van der Waals surface area contributed by atoms with Crippen LogP contribution in [-0.2, 0) is 17.5 Å². The molecule has 1 aromatic heterocycles. The molecule has 0 N–H and O–H groups in total. The van der Waals surface area contributed by atoms with Crippen LogP contribution in [0, 0.1) is 5.82 Å². The summed E-state index contributed by atoms with van der Waals surface area (Å²) in [5.41, 5.74) is -3.68. The number of benzene rings is 2. The molecule has 1 fully saturated rings. The first-order chi connectivity index (χ1) is 16.2. The summed E-state index contributed by atoms with van der Waals surface area (Å²) in [7, 11) is 0. The number of aromatic nitrogens is 3. The van der Waals surface area contributed by atoms with Crippen molar-refractivity contribution in [3.8, 4) is 5.69 Å². The Morgan fingerprint density at radius 3 is 2.26 bits per heavy atom. The molecule has 0 spiro atoms. The molecule has 2 heterocycles. The van der Waals surface area contributed by atoms with Gasteiger partial charge >= 0.3 is 11.9 Å². The van der Waals surface area contributed by atoms with E-state index in [1.54, 1.807) is 0 Å². The van der Waals surface area contributed by atoms with Crippen molar-refractivity contribution in [2.24, 2.45) is 0 Å². The van der Waals surface area contributed by atoms with Crippen LogP contribution in [0.1, 0.15) is 21.6 Å². The average Bonchev–Trinajstić information content (AvgIpc) is 2.82. The Morgan fingerprint density at radius 2 is 1.65 bits per heavy atom. The van der Waals surface area contributed by atoms with E-state index in [1.807, 2.05) is 0 Å². The second kappa shape index (κ2) is 9.21. The lowest BCUT2D eigenvalue weighted by atomic mass is 10.1. The first-order valence-corrected chi connectivity index (χ1v) is 10.2. The van der Waals surface area contributed by atoms with E-state index in [-0.39, 0.29) is 37.6 Å². The Morgan fingerprint density at radius 1 is 1.00 bits per heavy atom. The molecule has 1 amide bonds. The van der Waals surface area contributed by atoms with Gasteiger partial charge < -0.3 is 9.64 Å². The average molecular weight is 478 g/mol. The molecule has 0 bridgehead atoms. The van der Waals surface area contributed by atoms with E-state index in [0.29, 0.717) is 9.25 Å². The van der Waals surface area contributed by atoms with Crippen molar-refractivity contribution < 1.29 is 27.1 Å². The summed E-state index contributed by atoms with van der Waals surface area (Å²) in [6.07, 6.45) is -4.55. The lowest BCUT2D eigenvalue weighted by Crippen LogP contribution is -2.49. The number of carbonyl (C=O) groups is 1. The van der Waals surface area contributed by atoms with Gasteiger partial charge in [-0.25, -0.2) is 9.18 Å². The fraction of sp³-hybridized carbons (Fsp3) is 0.273. The van der Waals surface area contributed by atoms with Gasteiger partial charge in [-0.3, -0.25) is 14.2 Å². The normalized spacial score (nSPS) is 14.3. The molecule has 1 aliphatic rings. The number of hydrogen-bond acceptors (Lipinski definition) is 5. The summed E-state index contributed by atoms with van der Waals surface area (Å²) in [5, 5.41) is 3.88. The summed E-state index contributed by atoms with van der Waals surface area (Å²) >= 11 is 0. The van der Waals surface area contributed by atoms with Gasteiger partial charge in [0.25, 0.3) is 11.5 Å². The Bertz CT molecular complexity index is 1330. The molecular formula is C22H18F4N4O4. The van der Waals surface area contributed by atoms with Gasteiger partial charge in [0.1, 0.15) is 11.5 Å². The maximum atomic E-state index is 14.5. The molecule has 0 saturated carbocycles. The topological polar surface area (TPSA) is 86.4 Å². The van der Waals surface area contributed by atoms with E-state index in [0.717, 1.165) is 30.3 Å². The molecule has 0 aliphatic carbocycles. The molecule has 0 radical (unpaired) electrons. The minimum absolute atomic E-state index is 0.192. The predicted octanol–water partition coefficient (Wildman–Crippen LogP) is 2.07. The molecule has 0 atom stereocenters. The molecule has 178 valence electrons. The molecule has 34 heavy (non-hydrogen) atoms. The van der Waals surface area contributed by atoms with Gasteiger partial charge in [0, 0.05) is 13.1 Å². The molecule has 0 unspecified atom stereocenters. The molecule has 2 aromatic carbocycles. The number of alkyl halides is 3. The number of amides is 1. The van der Waals surface area contributed by atoms with Gasteiger partial charge in [-0.05, 0) is 29.8 Å². The smallest absolute Gasteiger partial charge is 0.378 e. The second-order valence-electron chi connectivity index (χ2n) is 7.48. The van der Waals surface area contributed by atoms with Crippen LogP contribution in [0.2, 0.25) is 0 Å². The van der Waals surface area contributed by atoms with Gasteiger partial charge in [0.2, 0.25) is 5.69 Å². The maximum absolute atomic E-state index is 14.5. The number of hydrogen-bond donors (Lipinski definition) is 0. The Labute approximate surface area is 189 Å². The quantitative estimate of drug-likeness (QED) is 0.536. The summed E-state index contributed by atoms with van der Waals surface area (Å²) in [6.45, 7) is 0.433. The number of halogens is 4. The van der Waals surface area contributed by atoms with Crippen LogP contribution in [-0.4, -0.2) is 51.5 Å². The minimum Gasteiger partial charge on any atom is -0.378 e. The fourth-order valence-corrected chi connectivity index (χ4v) is 3.47. The largest absolute Gasteiger partial charge is 0.416 e. The highest BCUT2D eigenvalue weighted by atomic mass is 19.4. The van der Waals surface area contributed by atoms with E-state index in [2.05, 4.69) is 5.10 Å². The Balaban J connectivity index is 1.84. The highest BCUT2D eigenvalue weighted by Gasteiger charge is 2.30. The standard InChI is InChI=1S/C22H18F4N4O4/c23-16-3-1-2-4-17(16)30-21(33)29(13-14-5-7-15(8-6-14)22(24,25)26)20(32)18(27-30)19(31)28-9-11-34-12-10-28/h1-8H,9-13H2. The third-order valence-corrected chi connectivity index (χ3v) is 5.26. The number of nitrogens with zero attached hydrogens (tertiary/aromatic N) is 4. The lowest BCUT2D eigenvalue weighted by molar-refractivity contribution is -0.137. The third kappa shape index (κ3) is 4.62. The monoisotopic (exact) mass is 478 g/mol. The van der Waals surface area contributed by atoms with E-state index in [9.17, 15) is 31.9 Å². The first kappa shape index (κ1) is 23.4. The molecule has 3 aromatic rings. The fourth-order valence-electron chi connectivity index (χ4n) is 3.47. The van der Waals surface area contributed by atoms with Crippen LogP contribution in [0.3, 0.4) is 0 Å². The Kier molecular flexibility index (Phi) is 6.33. The van der Waals surface area contributed by atoms with Crippen molar-refractivity contribution in [1.29, 1.82) is 0 Å². The number of carbonyl (C=O) groups excluding carboxylic acids is 1. The van der Waals surface area contributed by atoms with Crippen LogP contribution in [0.4, 0.5) is 17.6 Å². The highest BCUT2D eigenvalue weighted by molar-refractivity contribution is 5.91. The Hall–Kier alpha value is -3.80. The van der Waals surface area contributed by atoms with Crippen molar-refractivity contribution in [1.82, 2.24) is 19.2 Å². The van der Waals surface area contributed by atoms with Crippen LogP contribution in [0.25, 0.3) is 5.69 Å². The summed E-state index contributed by atoms with van der Waals surface area (Å²) < 4.78 is 59.5. The van der Waals surface area contributed by atoms with Crippen LogP contribution < -0.4 is 11.2 Å². The summed E-state index contributed by atoms with van der Waals surface area (Å²) in [6, 6.07) is 9.03. The van der Waals surface area contributed by atoms with Crippen LogP contribution in [0.5, 0.6) is 0 Å². The second-order valence-corrected chi connectivity index (χ2v) is 7.48. The van der Waals surface area contributed by atoms with Crippen molar-refractivity contribution in [3.05, 3.63) is 92.0 Å². The van der Waals surface area contributed by atoms with Crippen molar-refractivity contribution in [2.45, 2.75) is 12.7 Å². The van der Waals surface area contributed by atoms with Crippen molar-refractivity contribution in [2.75, 3.05) is 26.3 Å². The van der Waals surface area contributed by atoms with Gasteiger partial charge in [-0.15, -0.1) is 0 Å². The van der Waals surface area contributed by atoms with Crippen molar-refractivity contribution in [3.63, 3.8) is 0 Å². The molecule has 4 rings (SSSR count). The van der Waals surface area contributed by atoms with Crippen LogP contribution in [0.15, 0.2) is 58.1 Å². The number of rotatable bonds is 4. The minimum atomic E-state index is -4.55. The number of ether oxygens (including phenoxy) is 1.